The monoisotopic (exact) mass is 630 g/mol. The number of carbonyl (C=O) groups is 1. The van der Waals surface area contributed by atoms with Crippen LogP contribution in [0.15, 0.2) is 30.5 Å². The standard InChI is InChI=1S/C33H46N8O3Si/c1-31(2,3)44-30(42)40-20-33(7,21-43-45(9,10)32(4,5)6)25-16-22(15-23(18-34)28(25)40)26-11-12-35-29(36-26)37-27-17-24-19-39(8)13-14-41(24)38-27/h11-12,15-17H,13-14,19-21H2,1-10H3,(H,35,36,37,38). The summed E-state index contributed by atoms with van der Waals surface area (Å²) in [5.41, 5.74) is 3.08. The summed E-state index contributed by atoms with van der Waals surface area (Å²) in [4.78, 5) is 26.6. The number of aromatic nitrogens is 4. The molecule has 0 saturated heterocycles. The molecule has 2 aliphatic rings. The molecule has 1 amide bonds. The highest BCUT2D eigenvalue weighted by atomic mass is 28.4. The number of anilines is 3. The summed E-state index contributed by atoms with van der Waals surface area (Å²) in [6, 6.07) is 10.0. The Balaban J connectivity index is 1.53. The Bertz CT molecular complexity index is 1650. The molecule has 1 atom stereocenters. The lowest BCUT2D eigenvalue weighted by molar-refractivity contribution is 0.0575. The molecule has 1 unspecified atom stereocenters. The van der Waals surface area contributed by atoms with Crippen LogP contribution >= 0.6 is 0 Å². The summed E-state index contributed by atoms with van der Waals surface area (Å²) in [7, 11) is -0.0223. The van der Waals surface area contributed by atoms with Crippen LogP contribution in [-0.4, -0.2) is 71.4 Å². The average Bonchev–Trinajstić information content (AvgIpc) is 3.48. The maximum atomic E-state index is 13.5. The van der Waals surface area contributed by atoms with Gasteiger partial charge in [0.15, 0.2) is 14.1 Å². The summed E-state index contributed by atoms with van der Waals surface area (Å²) < 4.78 is 14.6. The zero-order chi connectivity index (χ0) is 32.9. The zero-order valence-corrected chi connectivity index (χ0v) is 29.3. The molecule has 240 valence electrons. The van der Waals surface area contributed by atoms with Gasteiger partial charge in [-0.05, 0) is 69.7 Å². The van der Waals surface area contributed by atoms with Crippen molar-refractivity contribution < 1.29 is 14.0 Å². The van der Waals surface area contributed by atoms with Crippen LogP contribution in [0.3, 0.4) is 0 Å². The second-order valence-electron chi connectivity index (χ2n) is 15.1. The van der Waals surface area contributed by atoms with E-state index in [9.17, 15) is 10.1 Å². The molecule has 5 rings (SSSR count). The third kappa shape index (κ3) is 6.76. The number of carbonyl (C=O) groups excluding carboxylic acids is 1. The molecule has 3 aromatic rings. The lowest BCUT2D eigenvalue weighted by Gasteiger charge is -2.39. The maximum absolute atomic E-state index is 13.5. The van der Waals surface area contributed by atoms with E-state index in [0.717, 1.165) is 36.5 Å². The number of fused-ring (bicyclic) bond motifs is 2. The van der Waals surface area contributed by atoms with Gasteiger partial charge in [0.05, 0.1) is 29.2 Å². The van der Waals surface area contributed by atoms with E-state index in [0.29, 0.717) is 41.9 Å². The van der Waals surface area contributed by atoms with Crippen molar-refractivity contribution in [2.24, 2.45) is 0 Å². The third-order valence-corrected chi connectivity index (χ3v) is 13.5. The molecule has 0 radical (unpaired) electrons. The first-order valence-electron chi connectivity index (χ1n) is 15.5. The average molecular weight is 631 g/mol. The maximum Gasteiger partial charge on any atom is 0.414 e. The Kier molecular flexibility index (Phi) is 8.35. The summed E-state index contributed by atoms with van der Waals surface area (Å²) in [5, 5.41) is 18.3. The lowest BCUT2D eigenvalue weighted by atomic mass is 9.83. The van der Waals surface area contributed by atoms with Crippen molar-refractivity contribution in [1.29, 1.82) is 5.26 Å². The number of ether oxygens (including phenoxy) is 1. The molecule has 45 heavy (non-hydrogen) atoms. The summed E-state index contributed by atoms with van der Waals surface area (Å²) in [5.74, 6) is 1.10. The Morgan fingerprint density at radius 3 is 2.56 bits per heavy atom. The first kappa shape index (κ1) is 32.6. The van der Waals surface area contributed by atoms with E-state index in [1.54, 1.807) is 17.2 Å². The number of nitrogens with zero attached hydrogens (tertiary/aromatic N) is 7. The highest BCUT2D eigenvalue weighted by Gasteiger charge is 2.47. The van der Waals surface area contributed by atoms with Crippen molar-refractivity contribution in [3.05, 3.63) is 47.3 Å². The molecule has 11 nitrogen and oxygen atoms in total. The molecule has 0 bridgehead atoms. The molecule has 2 aromatic heterocycles. The summed E-state index contributed by atoms with van der Waals surface area (Å²) in [6.45, 7) is 22.0. The molecule has 1 aromatic carbocycles. The summed E-state index contributed by atoms with van der Waals surface area (Å²) >= 11 is 0. The number of nitrogens with one attached hydrogen (secondary N) is 1. The van der Waals surface area contributed by atoms with Gasteiger partial charge in [-0.3, -0.25) is 14.5 Å². The van der Waals surface area contributed by atoms with Gasteiger partial charge in [0, 0.05) is 49.5 Å². The van der Waals surface area contributed by atoms with Crippen LogP contribution in [0.4, 0.5) is 22.2 Å². The van der Waals surface area contributed by atoms with Gasteiger partial charge in [-0.1, -0.05) is 27.7 Å². The first-order chi connectivity index (χ1) is 20.9. The van der Waals surface area contributed by atoms with E-state index in [2.05, 4.69) is 74.2 Å². The number of rotatable bonds is 6. The van der Waals surface area contributed by atoms with Crippen molar-refractivity contribution >= 4 is 31.9 Å². The number of nitriles is 1. The van der Waals surface area contributed by atoms with Crippen LogP contribution in [0.1, 0.15) is 65.3 Å². The predicted molar refractivity (Wildman–Crippen MR) is 178 cm³/mol. The Hall–Kier alpha value is -3.79. The fourth-order valence-electron chi connectivity index (χ4n) is 5.44. The smallest absolute Gasteiger partial charge is 0.414 e. The van der Waals surface area contributed by atoms with Gasteiger partial charge in [-0.15, -0.1) is 0 Å². The van der Waals surface area contributed by atoms with Gasteiger partial charge in [-0.25, -0.2) is 14.8 Å². The zero-order valence-electron chi connectivity index (χ0n) is 28.3. The van der Waals surface area contributed by atoms with Crippen molar-refractivity contribution in [1.82, 2.24) is 24.6 Å². The van der Waals surface area contributed by atoms with Crippen LogP contribution < -0.4 is 10.2 Å². The fraction of sp³-hybridized carbons (Fsp3) is 0.545. The second-order valence-corrected chi connectivity index (χ2v) is 19.9. The van der Waals surface area contributed by atoms with Crippen LogP contribution in [-0.2, 0) is 27.7 Å². The van der Waals surface area contributed by atoms with Crippen LogP contribution in [0, 0.1) is 11.3 Å². The van der Waals surface area contributed by atoms with Gasteiger partial charge >= 0.3 is 6.09 Å². The predicted octanol–water partition coefficient (Wildman–Crippen LogP) is 6.44. The lowest BCUT2D eigenvalue weighted by Crippen LogP contribution is -2.46. The van der Waals surface area contributed by atoms with Crippen molar-refractivity contribution in [2.75, 3.05) is 37.0 Å². The van der Waals surface area contributed by atoms with E-state index in [1.807, 2.05) is 43.7 Å². The molecule has 0 aliphatic carbocycles. The van der Waals surface area contributed by atoms with E-state index < -0.39 is 25.4 Å². The second kappa shape index (κ2) is 11.5. The van der Waals surface area contributed by atoms with E-state index in [-0.39, 0.29) is 5.04 Å². The van der Waals surface area contributed by atoms with Crippen molar-refractivity contribution in [3.63, 3.8) is 0 Å². The number of hydrogen-bond donors (Lipinski definition) is 1. The molecule has 0 fully saturated rings. The van der Waals surface area contributed by atoms with Gasteiger partial charge < -0.3 is 14.5 Å². The summed E-state index contributed by atoms with van der Waals surface area (Å²) in [6.07, 6.45) is 1.21. The SMILES string of the molecule is CN1CCn2nc(Nc3nccc(-c4cc(C#N)c5c(c4)C(C)(CO[Si](C)(C)C(C)(C)C)CN5C(=O)OC(C)(C)C)n3)cc2C1. The quantitative estimate of drug-likeness (QED) is 0.307. The van der Waals surface area contributed by atoms with E-state index in [4.69, 9.17) is 14.1 Å². The van der Waals surface area contributed by atoms with E-state index in [1.165, 1.54) is 0 Å². The largest absolute Gasteiger partial charge is 0.443 e. The third-order valence-electron chi connectivity index (χ3n) is 9.01. The Labute approximate surface area is 267 Å². The molecular formula is C33H46N8O3Si. The Morgan fingerprint density at radius 2 is 1.89 bits per heavy atom. The molecule has 1 N–H and O–H groups in total. The molecule has 0 spiro atoms. The topological polar surface area (TPSA) is 121 Å². The van der Waals surface area contributed by atoms with Gasteiger partial charge in [0.25, 0.3) is 0 Å². The highest BCUT2D eigenvalue weighted by molar-refractivity contribution is 6.74. The minimum absolute atomic E-state index is 0.0178. The first-order valence-corrected chi connectivity index (χ1v) is 18.4. The normalized spacial score (nSPS) is 18.7. The van der Waals surface area contributed by atoms with Crippen molar-refractivity contribution in [2.45, 2.75) is 90.7 Å². The number of hydrogen-bond acceptors (Lipinski definition) is 9. The van der Waals surface area contributed by atoms with Gasteiger partial charge in [0.1, 0.15) is 11.7 Å². The highest BCUT2D eigenvalue weighted by Crippen LogP contribution is 2.47. The van der Waals surface area contributed by atoms with Crippen LogP contribution in [0.2, 0.25) is 18.1 Å². The molecule has 4 heterocycles. The molecule has 2 aliphatic heterocycles. The molecule has 12 heteroatoms. The van der Waals surface area contributed by atoms with Gasteiger partial charge in [-0.2, -0.15) is 10.4 Å². The number of benzene rings is 1. The minimum Gasteiger partial charge on any atom is -0.443 e. The van der Waals surface area contributed by atoms with Gasteiger partial charge in [0.2, 0.25) is 5.95 Å². The number of likely N-dealkylation sites (N-methyl/N-ethyl adjacent to an activating group) is 1. The molecule has 0 saturated carbocycles. The number of amides is 1. The minimum atomic E-state index is -2.12. The van der Waals surface area contributed by atoms with Crippen LogP contribution in [0.5, 0.6) is 0 Å². The Morgan fingerprint density at radius 1 is 1.16 bits per heavy atom. The van der Waals surface area contributed by atoms with E-state index >= 15 is 0 Å². The van der Waals surface area contributed by atoms with Crippen molar-refractivity contribution in [3.8, 4) is 17.3 Å². The van der Waals surface area contributed by atoms with Crippen LogP contribution in [0.25, 0.3) is 11.3 Å². The fourth-order valence-corrected chi connectivity index (χ4v) is 6.55. The molecular weight excluding hydrogens is 585 g/mol.